The molecule has 5 heteroatoms. The van der Waals surface area contributed by atoms with Crippen LogP contribution in [-0.2, 0) is 11.3 Å². The number of nitrogens with zero attached hydrogens (tertiary/aromatic N) is 2. The highest BCUT2D eigenvalue weighted by molar-refractivity contribution is 5.68. The molecule has 2 aliphatic heterocycles. The van der Waals surface area contributed by atoms with Gasteiger partial charge in [-0.05, 0) is 44.7 Å². The number of rotatable bonds is 1. The molecular formula is C18H24N2O3. The summed E-state index contributed by atoms with van der Waals surface area (Å²) in [6.45, 7) is 11.3. The quantitative estimate of drug-likeness (QED) is 0.800. The summed E-state index contributed by atoms with van der Waals surface area (Å²) in [7, 11) is 0. The number of carbonyl (C=O) groups excluding carboxylic acids is 1. The van der Waals surface area contributed by atoms with E-state index in [1.165, 1.54) is 0 Å². The number of hydrogen-bond donors (Lipinski definition) is 0. The molecule has 2 bridgehead atoms. The molecule has 23 heavy (non-hydrogen) atoms. The molecule has 3 heterocycles. The maximum atomic E-state index is 12.4. The third-order valence-corrected chi connectivity index (χ3v) is 4.47. The number of fused-ring (bicyclic) bond motifs is 4. The zero-order valence-corrected chi connectivity index (χ0v) is 14.0. The van der Waals surface area contributed by atoms with E-state index in [9.17, 15) is 9.59 Å². The Morgan fingerprint density at radius 2 is 2.04 bits per heavy atom. The summed E-state index contributed by atoms with van der Waals surface area (Å²) >= 11 is 0. The van der Waals surface area contributed by atoms with Gasteiger partial charge < -0.3 is 14.2 Å². The third kappa shape index (κ3) is 3.19. The van der Waals surface area contributed by atoms with Crippen molar-refractivity contribution in [3.05, 3.63) is 40.3 Å². The molecule has 0 radical (unpaired) electrons. The number of aromatic nitrogens is 1. The molecule has 0 aromatic carbocycles. The highest BCUT2D eigenvalue weighted by atomic mass is 16.6. The lowest BCUT2D eigenvalue weighted by atomic mass is 9.83. The van der Waals surface area contributed by atoms with E-state index < -0.39 is 5.60 Å². The van der Waals surface area contributed by atoms with Crippen LogP contribution in [0.15, 0.2) is 23.5 Å². The molecule has 0 spiro atoms. The lowest BCUT2D eigenvalue weighted by molar-refractivity contribution is 0.0102. The molecule has 5 nitrogen and oxygen atoms in total. The van der Waals surface area contributed by atoms with Gasteiger partial charge in [0.1, 0.15) is 5.60 Å². The fraction of sp³-hybridized carbons (Fsp3) is 0.556. The molecule has 124 valence electrons. The first-order valence-electron chi connectivity index (χ1n) is 8.12. The summed E-state index contributed by atoms with van der Waals surface area (Å²) in [5, 5.41) is 0. The second kappa shape index (κ2) is 5.55. The Hall–Kier alpha value is -2.04. The smallest absolute Gasteiger partial charge is 0.410 e. The van der Waals surface area contributed by atoms with E-state index >= 15 is 0 Å². The van der Waals surface area contributed by atoms with Gasteiger partial charge in [0, 0.05) is 37.3 Å². The zero-order valence-electron chi connectivity index (χ0n) is 14.0. The number of pyridine rings is 1. The fourth-order valence-electron chi connectivity index (χ4n) is 3.57. The summed E-state index contributed by atoms with van der Waals surface area (Å²) in [6.07, 6.45) is 2.45. The normalized spacial score (nSPS) is 23.2. The second-order valence-corrected chi connectivity index (χ2v) is 7.55. The monoisotopic (exact) mass is 316 g/mol. The average Bonchev–Trinajstić information content (AvgIpc) is 2.46. The summed E-state index contributed by atoms with van der Waals surface area (Å²) in [5.41, 5.74) is 1.39. The molecule has 1 aromatic rings. The molecule has 0 N–H and O–H groups in total. The minimum absolute atomic E-state index is 0.0258. The summed E-state index contributed by atoms with van der Waals surface area (Å²) < 4.78 is 7.36. The first kappa shape index (κ1) is 15.8. The van der Waals surface area contributed by atoms with Gasteiger partial charge in [-0.2, -0.15) is 0 Å². The predicted octanol–water partition coefficient (Wildman–Crippen LogP) is 2.85. The number of likely N-dealkylation sites (tertiary alicyclic amines) is 1. The van der Waals surface area contributed by atoms with E-state index in [1.807, 2.05) is 31.4 Å². The number of amides is 1. The van der Waals surface area contributed by atoms with Crippen LogP contribution in [0, 0.1) is 5.92 Å². The predicted molar refractivity (Wildman–Crippen MR) is 89.4 cm³/mol. The molecule has 2 atom stereocenters. The van der Waals surface area contributed by atoms with E-state index in [1.54, 1.807) is 17.0 Å². The van der Waals surface area contributed by atoms with E-state index in [0.29, 0.717) is 25.6 Å². The molecule has 1 amide bonds. The highest BCUT2D eigenvalue weighted by Crippen LogP contribution is 2.35. The number of hydrogen-bond acceptors (Lipinski definition) is 3. The summed E-state index contributed by atoms with van der Waals surface area (Å²) in [6, 6.07) is 3.65. The van der Waals surface area contributed by atoms with Crippen LogP contribution in [0.5, 0.6) is 0 Å². The number of carbonyl (C=O) groups is 1. The van der Waals surface area contributed by atoms with Crippen LogP contribution in [0.1, 0.15) is 44.4 Å². The molecule has 0 saturated carbocycles. The van der Waals surface area contributed by atoms with Crippen LogP contribution in [0.2, 0.25) is 0 Å². The van der Waals surface area contributed by atoms with Crippen molar-refractivity contribution in [2.45, 2.75) is 45.3 Å². The summed E-state index contributed by atoms with van der Waals surface area (Å²) in [4.78, 5) is 26.4. The minimum atomic E-state index is -0.492. The molecule has 0 aliphatic carbocycles. The van der Waals surface area contributed by atoms with E-state index in [2.05, 4.69) is 6.58 Å². The van der Waals surface area contributed by atoms with Crippen molar-refractivity contribution in [2.75, 3.05) is 13.1 Å². The fourth-order valence-corrected chi connectivity index (χ4v) is 3.57. The molecule has 1 fully saturated rings. The molecule has 1 saturated heterocycles. The van der Waals surface area contributed by atoms with Gasteiger partial charge in [0.15, 0.2) is 0 Å². The van der Waals surface area contributed by atoms with Crippen molar-refractivity contribution in [3.63, 3.8) is 0 Å². The topological polar surface area (TPSA) is 51.5 Å². The van der Waals surface area contributed by atoms with Crippen molar-refractivity contribution in [3.8, 4) is 0 Å². The molecular weight excluding hydrogens is 292 g/mol. The van der Waals surface area contributed by atoms with E-state index in [4.69, 9.17) is 4.74 Å². The summed E-state index contributed by atoms with van der Waals surface area (Å²) in [5.74, 6) is 0.490. The molecule has 1 aromatic heterocycles. The SMILES string of the molecule is C=Cc1cc2n(c(=O)c1)CC1C[C@H]2CN(C(=O)OC(C)(C)C)C1. The Bertz CT molecular complexity index is 699. The molecule has 2 aliphatic rings. The van der Waals surface area contributed by atoms with Crippen LogP contribution in [0.4, 0.5) is 4.79 Å². The molecule has 3 rings (SSSR count). The Labute approximate surface area is 136 Å². The van der Waals surface area contributed by atoms with Crippen LogP contribution >= 0.6 is 0 Å². The Morgan fingerprint density at radius 1 is 1.30 bits per heavy atom. The average molecular weight is 316 g/mol. The van der Waals surface area contributed by atoms with Crippen LogP contribution in [0.3, 0.4) is 0 Å². The van der Waals surface area contributed by atoms with Gasteiger partial charge in [0.2, 0.25) is 0 Å². The zero-order chi connectivity index (χ0) is 16.8. The Kier molecular flexibility index (Phi) is 3.82. The van der Waals surface area contributed by atoms with Crippen LogP contribution in [-0.4, -0.2) is 34.3 Å². The van der Waals surface area contributed by atoms with Gasteiger partial charge in [-0.15, -0.1) is 0 Å². The van der Waals surface area contributed by atoms with Gasteiger partial charge in [0.05, 0.1) is 0 Å². The van der Waals surface area contributed by atoms with Gasteiger partial charge in [-0.1, -0.05) is 12.7 Å². The van der Waals surface area contributed by atoms with Crippen molar-refractivity contribution < 1.29 is 9.53 Å². The lowest BCUT2D eigenvalue weighted by Gasteiger charge is -2.43. The lowest BCUT2D eigenvalue weighted by Crippen LogP contribution is -2.50. The maximum Gasteiger partial charge on any atom is 0.410 e. The van der Waals surface area contributed by atoms with Crippen LogP contribution in [0.25, 0.3) is 6.08 Å². The van der Waals surface area contributed by atoms with Crippen molar-refractivity contribution in [1.82, 2.24) is 9.47 Å². The van der Waals surface area contributed by atoms with Gasteiger partial charge in [0.25, 0.3) is 5.56 Å². The Balaban J connectivity index is 1.87. The van der Waals surface area contributed by atoms with Gasteiger partial charge in [-0.3, -0.25) is 4.79 Å². The second-order valence-electron chi connectivity index (χ2n) is 7.55. The largest absolute Gasteiger partial charge is 0.444 e. The van der Waals surface area contributed by atoms with Gasteiger partial charge >= 0.3 is 6.09 Å². The molecule has 1 unspecified atom stereocenters. The van der Waals surface area contributed by atoms with E-state index in [0.717, 1.165) is 17.7 Å². The number of ether oxygens (including phenoxy) is 1. The first-order chi connectivity index (χ1) is 10.8. The highest BCUT2D eigenvalue weighted by Gasteiger charge is 2.37. The minimum Gasteiger partial charge on any atom is -0.444 e. The van der Waals surface area contributed by atoms with Crippen LogP contribution < -0.4 is 5.56 Å². The van der Waals surface area contributed by atoms with E-state index in [-0.39, 0.29) is 17.6 Å². The van der Waals surface area contributed by atoms with Gasteiger partial charge in [-0.25, -0.2) is 4.79 Å². The van der Waals surface area contributed by atoms with Crippen molar-refractivity contribution in [2.24, 2.45) is 5.92 Å². The Morgan fingerprint density at radius 3 is 2.70 bits per heavy atom. The number of piperidine rings is 1. The maximum absolute atomic E-state index is 12.4. The van der Waals surface area contributed by atoms with Crippen molar-refractivity contribution in [1.29, 1.82) is 0 Å². The standard InChI is InChI=1S/C18H24N2O3/c1-5-12-7-15-14-6-13(10-20(15)16(21)8-12)9-19(11-14)17(22)23-18(2,3)4/h5,7-8,13-14H,1,6,9-11H2,2-4H3/t13?,14-/m0/s1. The third-order valence-electron chi connectivity index (χ3n) is 4.47. The van der Waals surface area contributed by atoms with Crippen molar-refractivity contribution >= 4 is 12.2 Å². The first-order valence-corrected chi connectivity index (χ1v) is 8.12.